The molecular formula is C16H18N6O. The summed E-state index contributed by atoms with van der Waals surface area (Å²) in [5, 5.41) is 19.7. The summed E-state index contributed by atoms with van der Waals surface area (Å²) in [5.41, 5.74) is 1.34. The van der Waals surface area contributed by atoms with E-state index < -0.39 is 0 Å². The molecule has 0 aromatic carbocycles. The van der Waals surface area contributed by atoms with E-state index in [2.05, 4.69) is 31.6 Å². The van der Waals surface area contributed by atoms with E-state index >= 15 is 0 Å². The maximum Gasteiger partial charge on any atom is 0.153 e. The molecule has 3 heterocycles. The van der Waals surface area contributed by atoms with Gasteiger partial charge in [0.15, 0.2) is 11.6 Å². The lowest BCUT2D eigenvalue weighted by Gasteiger charge is -2.14. The van der Waals surface area contributed by atoms with E-state index in [9.17, 15) is 0 Å². The zero-order valence-corrected chi connectivity index (χ0v) is 12.7. The average molecular weight is 310 g/mol. The number of hydrogen-bond donors (Lipinski definition) is 2. The molecule has 4 rings (SSSR count). The van der Waals surface area contributed by atoms with Crippen LogP contribution in [0.5, 0.6) is 0 Å². The highest BCUT2D eigenvalue weighted by Gasteiger charge is 2.32. The van der Waals surface area contributed by atoms with Gasteiger partial charge in [-0.25, -0.2) is 4.98 Å². The van der Waals surface area contributed by atoms with Crippen molar-refractivity contribution >= 4 is 5.69 Å². The summed E-state index contributed by atoms with van der Waals surface area (Å²) in [4.78, 5) is 8.62. The van der Waals surface area contributed by atoms with Gasteiger partial charge in [-0.3, -0.25) is 10.1 Å². The molecule has 2 aromatic heterocycles. The van der Waals surface area contributed by atoms with Crippen molar-refractivity contribution < 1.29 is 4.74 Å². The van der Waals surface area contributed by atoms with Crippen LogP contribution in [0, 0.1) is 11.3 Å². The van der Waals surface area contributed by atoms with Crippen molar-refractivity contribution in [2.24, 2.45) is 0 Å². The SMILES string of the molecule is N#Cc1ccncc1NC[C@H]1CC[C@@H](c2nc(C3CC3)n[nH]2)O1. The third-order valence-electron chi connectivity index (χ3n) is 4.34. The molecule has 0 radical (unpaired) electrons. The Balaban J connectivity index is 1.34. The first kappa shape index (κ1) is 14.2. The molecule has 1 saturated heterocycles. The molecule has 0 spiro atoms. The number of pyridine rings is 1. The van der Waals surface area contributed by atoms with Gasteiger partial charge in [0.25, 0.3) is 0 Å². The number of H-pyrrole nitrogens is 1. The second-order valence-corrected chi connectivity index (χ2v) is 6.09. The van der Waals surface area contributed by atoms with Gasteiger partial charge in [-0.1, -0.05) is 0 Å². The number of hydrogen-bond acceptors (Lipinski definition) is 6. The maximum atomic E-state index is 9.08. The molecule has 2 fully saturated rings. The van der Waals surface area contributed by atoms with E-state index in [0.29, 0.717) is 18.0 Å². The Morgan fingerprint density at radius 1 is 1.35 bits per heavy atom. The van der Waals surface area contributed by atoms with Gasteiger partial charge in [0, 0.05) is 18.7 Å². The normalized spacial score (nSPS) is 23.6. The Labute approximate surface area is 134 Å². The van der Waals surface area contributed by atoms with Gasteiger partial charge < -0.3 is 10.1 Å². The van der Waals surface area contributed by atoms with Crippen LogP contribution in [0.15, 0.2) is 18.5 Å². The number of nitriles is 1. The van der Waals surface area contributed by atoms with Crippen LogP contribution in [0.4, 0.5) is 5.69 Å². The minimum Gasteiger partial charge on any atom is -0.380 e. The van der Waals surface area contributed by atoms with E-state index in [1.165, 1.54) is 12.8 Å². The molecular weight excluding hydrogens is 292 g/mol. The molecule has 1 aliphatic carbocycles. The smallest absolute Gasteiger partial charge is 0.153 e. The summed E-state index contributed by atoms with van der Waals surface area (Å²) >= 11 is 0. The second-order valence-electron chi connectivity index (χ2n) is 6.09. The molecule has 0 bridgehead atoms. The van der Waals surface area contributed by atoms with Gasteiger partial charge in [-0.05, 0) is 31.7 Å². The van der Waals surface area contributed by atoms with Crippen LogP contribution in [0.3, 0.4) is 0 Å². The van der Waals surface area contributed by atoms with Crippen molar-refractivity contribution in [3.8, 4) is 6.07 Å². The number of nitrogens with one attached hydrogen (secondary N) is 2. The minimum atomic E-state index is -0.00821. The molecule has 2 aromatic rings. The average Bonchev–Trinajstić information content (AvgIpc) is 3.13. The Morgan fingerprint density at radius 3 is 3.09 bits per heavy atom. The zero-order chi connectivity index (χ0) is 15.6. The van der Waals surface area contributed by atoms with E-state index in [0.717, 1.165) is 30.2 Å². The van der Waals surface area contributed by atoms with Crippen LogP contribution in [0.25, 0.3) is 0 Å². The van der Waals surface area contributed by atoms with Crippen molar-refractivity contribution in [3.63, 3.8) is 0 Å². The van der Waals surface area contributed by atoms with Crippen molar-refractivity contribution in [2.45, 2.75) is 43.8 Å². The van der Waals surface area contributed by atoms with Crippen molar-refractivity contribution in [2.75, 3.05) is 11.9 Å². The first-order valence-electron chi connectivity index (χ1n) is 7.99. The fourth-order valence-corrected chi connectivity index (χ4v) is 2.87. The largest absolute Gasteiger partial charge is 0.380 e. The minimum absolute atomic E-state index is 0.00821. The van der Waals surface area contributed by atoms with Crippen LogP contribution in [0.1, 0.15) is 54.9 Å². The summed E-state index contributed by atoms with van der Waals surface area (Å²) in [5.74, 6) is 2.32. The van der Waals surface area contributed by atoms with E-state index in [1.807, 2.05) is 0 Å². The second kappa shape index (κ2) is 5.97. The summed E-state index contributed by atoms with van der Waals surface area (Å²) in [6, 6.07) is 3.86. The molecule has 0 amide bonds. The molecule has 0 unspecified atom stereocenters. The van der Waals surface area contributed by atoms with Gasteiger partial charge in [-0.2, -0.15) is 10.4 Å². The standard InChI is InChI=1S/C16H18N6O/c17-7-11-5-6-18-9-13(11)19-8-12-3-4-14(23-12)16-20-15(21-22-16)10-1-2-10/h5-6,9-10,12,14,19H,1-4,8H2,(H,20,21,22)/t12-,14+/m1/s1. The summed E-state index contributed by atoms with van der Waals surface area (Å²) < 4.78 is 6.06. The predicted octanol–water partition coefficient (Wildman–Crippen LogP) is 2.28. The van der Waals surface area contributed by atoms with Crippen LogP contribution < -0.4 is 5.32 Å². The Kier molecular flexibility index (Phi) is 3.67. The van der Waals surface area contributed by atoms with Crippen LogP contribution in [0.2, 0.25) is 0 Å². The van der Waals surface area contributed by atoms with E-state index in [1.54, 1.807) is 18.5 Å². The highest BCUT2D eigenvalue weighted by molar-refractivity contribution is 5.55. The molecule has 1 saturated carbocycles. The zero-order valence-electron chi connectivity index (χ0n) is 12.7. The van der Waals surface area contributed by atoms with Crippen LogP contribution in [-0.4, -0.2) is 32.8 Å². The van der Waals surface area contributed by atoms with E-state index in [-0.39, 0.29) is 12.2 Å². The van der Waals surface area contributed by atoms with Gasteiger partial charge in [-0.15, -0.1) is 0 Å². The molecule has 2 atom stereocenters. The van der Waals surface area contributed by atoms with Crippen LogP contribution in [-0.2, 0) is 4.74 Å². The number of rotatable bonds is 5. The number of aromatic nitrogens is 4. The quantitative estimate of drug-likeness (QED) is 0.879. The molecule has 118 valence electrons. The van der Waals surface area contributed by atoms with Gasteiger partial charge in [0.2, 0.25) is 0 Å². The molecule has 7 heteroatoms. The highest BCUT2D eigenvalue weighted by atomic mass is 16.5. The van der Waals surface area contributed by atoms with Gasteiger partial charge in [0.1, 0.15) is 12.2 Å². The highest BCUT2D eigenvalue weighted by Crippen LogP contribution is 2.39. The predicted molar refractivity (Wildman–Crippen MR) is 82.6 cm³/mol. The molecule has 23 heavy (non-hydrogen) atoms. The third kappa shape index (κ3) is 3.03. The summed E-state index contributed by atoms with van der Waals surface area (Å²) in [6.07, 6.45) is 7.66. The maximum absolute atomic E-state index is 9.08. The van der Waals surface area contributed by atoms with Crippen molar-refractivity contribution in [1.82, 2.24) is 20.2 Å². The van der Waals surface area contributed by atoms with Crippen molar-refractivity contribution in [3.05, 3.63) is 35.7 Å². The lowest BCUT2D eigenvalue weighted by molar-refractivity contribution is 0.0472. The number of nitrogens with zero attached hydrogens (tertiary/aromatic N) is 4. The lowest BCUT2D eigenvalue weighted by Crippen LogP contribution is -2.19. The Morgan fingerprint density at radius 2 is 2.26 bits per heavy atom. The third-order valence-corrected chi connectivity index (χ3v) is 4.34. The van der Waals surface area contributed by atoms with Gasteiger partial charge in [0.05, 0.1) is 23.6 Å². The lowest BCUT2D eigenvalue weighted by atomic mass is 10.2. The molecule has 7 nitrogen and oxygen atoms in total. The fourth-order valence-electron chi connectivity index (χ4n) is 2.87. The molecule has 2 N–H and O–H groups in total. The van der Waals surface area contributed by atoms with Gasteiger partial charge >= 0.3 is 0 Å². The Bertz CT molecular complexity index is 732. The molecule has 2 aliphatic rings. The summed E-state index contributed by atoms with van der Waals surface area (Å²) in [6.45, 7) is 0.653. The number of anilines is 1. The van der Waals surface area contributed by atoms with Crippen molar-refractivity contribution in [1.29, 1.82) is 5.26 Å². The number of aromatic amines is 1. The first-order valence-corrected chi connectivity index (χ1v) is 7.99. The monoisotopic (exact) mass is 310 g/mol. The number of ether oxygens (including phenoxy) is 1. The van der Waals surface area contributed by atoms with E-state index in [4.69, 9.17) is 10.00 Å². The topological polar surface area (TPSA) is 99.5 Å². The molecule has 1 aliphatic heterocycles. The van der Waals surface area contributed by atoms with Crippen LogP contribution >= 0.6 is 0 Å². The fraction of sp³-hybridized carbons (Fsp3) is 0.500. The first-order chi connectivity index (χ1) is 11.3. The summed E-state index contributed by atoms with van der Waals surface area (Å²) in [7, 11) is 0. The Hall–Kier alpha value is -2.46.